The summed E-state index contributed by atoms with van der Waals surface area (Å²) in [6.45, 7) is 2.68. The third-order valence-electron chi connectivity index (χ3n) is 4.45. The minimum absolute atomic E-state index is 0.127. The van der Waals surface area contributed by atoms with E-state index < -0.39 is 23.4 Å². The zero-order valence-electron chi connectivity index (χ0n) is 13.1. The van der Waals surface area contributed by atoms with Crippen LogP contribution in [0, 0.1) is 0 Å². The summed E-state index contributed by atoms with van der Waals surface area (Å²) in [7, 11) is 0. The zero-order valence-corrected chi connectivity index (χ0v) is 13.1. The van der Waals surface area contributed by atoms with Crippen molar-refractivity contribution in [2.75, 3.05) is 38.2 Å². The smallest absolute Gasteiger partial charge is 0.347 e. The molecule has 5 nitrogen and oxygen atoms in total. The van der Waals surface area contributed by atoms with Crippen LogP contribution in [0.15, 0.2) is 24.3 Å². The predicted molar refractivity (Wildman–Crippen MR) is 79.5 cm³/mol. The molecule has 0 aliphatic carbocycles. The van der Waals surface area contributed by atoms with Crippen LogP contribution >= 0.6 is 0 Å². The molecule has 1 aromatic carbocycles. The van der Waals surface area contributed by atoms with E-state index in [1.165, 1.54) is 18.2 Å². The summed E-state index contributed by atoms with van der Waals surface area (Å²) in [6, 6.07) is 5.00. The second-order valence-electron chi connectivity index (χ2n) is 6.13. The van der Waals surface area contributed by atoms with Crippen molar-refractivity contribution in [3.8, 4) is 0 Å². The zero-order chi connectivity index (χ0) is 17.2. The van der Waals surface area contributed by atoms with Crippen molar-refractivity contribution in [2.24, 2.45) is 0 Å². The fourth-order valence-electron chi connectivity index (χ4n) is 3.21. The minimum Gasteiger partial charge on any atom is -0.347 e. The molecular weight excluding hydrogens is 325 g/mol. The standard InChI is InChI=1S/C16H19F3N2O3/c17-16(18,19)12-3-1-2-4-13(12)20-14(22)11-21-7-5-15(6-8-21)23-9-10-24-15/h1-4H,5-11H2,(H,20,22)/p+1. The van der Waals surface area contributed by atoms with Crippen LogP contribution < -0.4 is 10.2 Å². The quantitative estimate of drug-likeness (QED) is 0.862. The van der Waals surface area contributed by atoms with Crippen molar-refractivity contribution in [2.45, 2.75) is 24.8 Å². The number of anilines is 1. The number of hydrogen-bond donors (Lipinski definition) is 2. The highest BCUT2D eigenvalue weighted by molar-refractivity contribution is 5.92. The van der Waals surface area contributed by atoms with Crippen LogP contribution in [0.25, 0.3) is 0 Å². The number of alkyl halides is 3. The van der Waals surface area contributed by atoms with Crippen LogP contribution in [0.2, 0.25) is 0 Å². The third kappa shape index (κ3) is 3.88. The average Bonchev–Trinajstić information content (AvgIpc) is 2.98. The van der Waals surface area contributed by atoms with Gasteiger partial charge in [0.25, 0.3) is 5.91 Å². The van der Waals surface area contributed by atoms with Crippen LogP contribution in [0.1, 0.15) is 18.4 Å². The van der Waals surface area contributed by atoms with Gasteiger partial charge in [-0.25, -0.2) is 0 Å². The molecule has 2 fully saturated rings. The molecule has 3 rings (SSSR count). The number of carbonyl (C=O) groups is 1. The second-order valence-corrected chi connectivity index (χ2v) is 6.13. The maximum Gasteiger partial charge on any atom is 0.418 e. The topological polar surface area (TPSA) is 52.0 Å². The molecule has 132 valence electrons. The summed E-state index contributed by atoms with van der Waals surface area (Å²) in [6.07, 6.45) is -3.12. The van der Waals surface area contributed by atoms with Crippen LogP contribution in [-0.2, 0) is 20.4 Å². The van der Waals surface area contributed by atoms with E-state index in [-0.39, 0.29) is 12.2 Å². The van der Waals surface area contributed by atoms with Gasteiger partial charge in [0.05, 0.1) is 50.4 Å². The molecule has 2 N–H and O–H groups in total. The SMILES string of the molecule is O=C(C[NH+]1CCC2(CC1)OCCO2)Nc1ccccc1C(F)(F)F. The normalized spacial score (nSPS) is 21.1. The van der Waals surface area contributed by atoms with E-state index in [4.69, 9.17) is 9.47 Å². The van der Waals surface area contributed by atoms with Crippen molar-refractivity contribution in [3.05, 3.63) is 29.8 Å². The molecule has 2 heterocycles. The number of piperidine rings is 1. The van der Waals surface area contributed by atoms with Gasteiger partial charge in [-0.3, -0.25) is 4.79 Å². The van der Waals surface area contributed by atoms with Gasteiger partial charge in [-0.05, 0) is 12.1 Å². The number of nitrogens with one attached hydrogen (secondary N) is 2. The Kier molecular flexibility index (Phi) is 4.80. The van der Waals surface area contributed by atoms with Gasteiger partial charge < -0.3 is 19.7 Å². The van der Waals surface area contributed by atoms with E-state index in [9.17, 15) is 18.0 Å². The molecule has 1 spiro atoms. The number of ether oxygens (including phenoxy) is 2. The molecule has 2 aliphatic heterocycles. The average molecular weight is 345 g/mol. The van der Waals surface area contributed by atoms with Gasteiger partial charge in [0, 0.05) is 0 Å². The maximum absolute atomic E-state index is 12.9. The Hall–Kier alpha value is -1.64. The Labute approximate surface area is 137 Å². The van der Waals surface area contributed by atoms with Crippen molar-refractivity contribution in [1.82, 2.24) is 0 Å². The largest absolute Gasteiger partial charge is 0.418 e. The first-order valence-corrected chi connectivity index (χ1v) is 7.96. The summed E-state index contributed by atoms with van der Waals surface area (Å²) in [5.41, 5.74) is -1.04. The first-order valence-electron chi connectivity index (χ1n) is 7.96. The fourth-order valence-corrected chi connectivity index (χ4v) is 3.21. The molecular formula is C16H20F3N2O3+. The van der Waals surface area contributed by atoms with Gasteiger partial charge in [0.2, 0.25) is 0 Å². The van der Waals surface area contributed by atoms with Gasteiger partial charge in [-0.2, -0.15) is 13.2 Å². The Bertz CT molecular complexity index is 590. The number of hydrogen-bond acceptors (Lipinski definition) is 3. The van der Waals surface area contributed by atoms with Crippen molar-refractivity contribution in [1.29, 1.82) is 0 Å². The molecule has 2 saturated heterocycles. The number of quaternary nitrogens is 1. The van der Waals surface area contributed by atoms with Crippen molar-refractivity contribution >= 4 is 11.6 Å². The number of amides is 1. The van der Waals surface area contributed by atoms with E-state index in [2.05, 4.69) is 5.32 Å². The van der Waals surface area contributed by atoms with Crippen LogP contribution in [0.5, 0.6) is 0 Å². The molecule has 0 unspecified atom stereocenters. The number of rotatable bonds is 3. The Morgan fingerprint density at radius 3 is 2.42 bits per heavy atom. The highest BCUT2D eigenvalue weighted by atomic mass is 19.4. The summed E-state index contributed by atoms with van der Waals surface area (Å²) in [5.74, 6) is -0.936. The first-order chi connectivity index (χ1) is 11.4. The van der Waals surface area contributed by atoms with Crippen LogP contribution in [0.4, 0.5) is 18.9 Å². The molecule has 0 atom stereocenters. The van der Waals surface area contributed by atoms with Crippen LogP contribution in [-0.4, -0.2) is 44.5 Å². The lowest BCUT2D eigenvalue weighted by molar-refractivity contribution is -0.900. The van der Waals surface area contributed by atoms with Gasteiger partial charge in [0.1, 0.15) is 0 Å². The molecule has 1 amide bonds. The van der Waals surface area contributed by atoms with Gasteiger partial charge in [-0.1, -0.05) is 12.1 Å². The fraction of sp³-hybridized carbons (Fsp3) is 0.562. The van der Waals surface area contributed by atoms with Gasteiger partial charge in [-0.15, -0.1) is 0 Å². The number of para-hydroxylation sites is 1. The van der Waals surface area contributed by atoms with Crippen molar-refractivity contribution in [3.63, 3.8) is 0 Å². The van der Waals surface area contributed by atoms with E-state index in [1.54, 1.807) is 0 Å². The molecule has 0 bridgehead atoms. The maximum atomic E-state index is 12.9. The monoisotopic (exact) mass is 345 g/mol. The number of likely N-dealkylation sites (tertiary alicyclic amines) is 1. The summed E-state index contributed by atoms with van der Waals surface area (Å²) < 4.78 is 50.1. The highest BCUT2D eigenvalue weighted by Crippen LogP contribution is 2.34. The molecule has 8 heteroatoms. The lowest BCUT2D eigenvalue weighted by atomic mass is 10.0. The van der Waals surface area contributed by atoms with E-state index in [0.717, 1.165) is 11.0 Å². The lowest BCUT2D eigenvalue weighted by Gasteiger charge is -2.34. The summed E-state index contributed by atoms with van der Waals surface area (Å²) >= 11 is 0. The van der Waals surface area contributed by atoms with E-state index in [1.807, 2.05) is 0 Å². The van der Waals surface area contributed by atoms with Crippen molar-refractivity contribution < 1.29 is 32.3 Å². The molecule has 2 aliphatic rings. The lowest BCUT2D eigenvalue weighted by Crippen LogP contribution is -3.14. The van der Waals surface area contributed by atoms with Gasteiger partial charge >= 0.3 is 6.18 Å². The highest BCUT2D eigenvalue weighted by Gasteiger charge is 2.42. The molecule has 0 aromatic heterocycles. The Balaban J connectivity index is 1.55. The predicted octanol–water partition coefficient (Wildman–Crippen LogP) is 1.07. The first kappa shape index (κ1) is 17.2. The van der Waals surface area contributed by atoms with Crippen LogP contribution in [0.3, 0.4) is 0 Å². The van der Waals surface area contributed by atoms with E-state index in [0.29, 0.717) is 39.1 Å². The Morgan fingerprint density at radius 2 is 1.79 bits per heavy atom. The van der Waals surface area contributed by atoms with E-state index >= 15 is 0 Å². The second kappa shape index (κ2) is 6.70. The third-order valence-corrected chi connectivity index (χ3v) is 4.45. The Morgan fingerprint density at radius 1 is 1.17 bits per heavy atom. The molecule has 0 saturated carbocycles. The summed E-state index contributed by atoms with van der Waals surface area (Å²) in [4.78, 5) is 13.1. The summed E-state index contributed by atoms with van der Waals surface area (Å²) in [5, 5.41) is 2.38. The number of halogens is 3. The number of carbonyl (C=O) groups excluding carboxylic acids is 1. The molecule has 0 radical (unpaired) electrons. The molecule has 1 aromatic rings. The number of benzene rings is 1. The van der Waals surface area contributed by atoms with Gasteiger partial charge in [0.15, 0.2) is 12.3 Å². The molecule has 24 heavy (non-hydrogen) atoms. The minimum atomic E-state index is -4.49.